The van der Waals surface area contributed by atoms with Gasteiger partial charge >= 0.3 is 5.97 Å². The number of allylic oxidation sites excluding steroid dienone is 3. The van der Waals surface area contributed by atoms with Crippen molar-refractivity contribution < 1.29 is 9.53 Å². The molecule has 3 heterocycles. The lowest BCUT2D eigenvalue weighted by Crippen LogP contribution is -2.47. The summed E-state index contributed by atoms with van der Waals surface area (Å²) in [6.45, 7) is 4.70. The third kappa shape index (κ3) is 5.32. The van der Waals surface area contributed by atoms with Gasteiger partial charge in [-0.2, -0.15) is 0 Å². The van der Waals surface area contributed by atoms with Crippen molar-refractivity contribution in [3.05, 3.63) is 34.2 Å². The fourth-order valence-corrected chi connectivity index (χ4v) is 12.1. The second-order valence-electron chi connectivity index (χ2n) is 16.2. The molecule has 250 valence electrons. The van der Waals surface area contributed by atoms with Crippen molar-refractivity contribution in [2.75, 3.05) is 28.2 Å². The van der Waals surface area contributed by atoms with Crippen LogP contribution in [0.3, 0.4) is 0 Å². The summed E-state index contributed by atoms with van der Waals surface area (Å²) in [5.74, 6) is 1.53. The van der Waals surface area contributed by atoms with Gasteiger partial charge in [0.1, 0.15) is 5.60 Å². The Bertz CT molecular complexity index is 1210. The Morgan fingerprint density at radius 1 is 0.778 bits per heavy atom. The molecule has 5 fully saturated rings. The lowest BCUT2D eigenvalue weighted by Gasteiger charge is -2.45. The van der Waals surface area contributed by atoms with Crippen LogP contribution in [-0.4, -0.2) is 83.3 Å². The maximum Gasteiger partial charge on any atom is 0.310 e. The molecule has 0 spiro atoms. The van der Waals surface area contributed by atoms with Gasteiger partial charge in [-0.05, 0) is 128 Å². The maximum absolute atomic E-state index is 13.9. The zero-order chi connectivity index (χ0) is 31.8. The molecular formula is C38H57Cl2N3O2. The predicted octanol–water partition coefficient (Wildman–Crippen LogP) is 8.13. The normalized spacial score (nSPS) is 43.4. The molecule has 0 N–H and O–H groups in total. The minimum atomic E-state index is -0.549. The van der Waals surface area contributed by atoms with Crippen LogP contribution in [-0.2, 0) is 9.53 Å². The van der Waals surface area contributed by atoms with Crippen molar-refractivity contribution in [1.82, 2.24) is 14.7 Å². The molecule has 4 aliphatic carbocycles. The Morgan fingerprint density at radius 2 is 1.31 bits per heavy atom. The quantitative estimate of drug-likeness (QED) is 0.220. The number of cyclic esters (lactones) is 1. The van der Waals surface area contributed by atoms with E-state index in [-0.39, 0.29) is 28.6 Å². The van der Waals surface area contributed by atoms with E-state index in [1.807, 2.05) is 0 Å². The van der Waals surface area contributed by atoms with Crippen LogP contribution in [0.4, 0.5) is 0 Å². The van der Waals surface area contributed by atoms with Gasteiger partial charge in [-0.15, -0.1) is 23.2 Å². The standard InChI is InChI=1S/C38H57Cl2N3O2/c1-22-35(29-19-25(39)13-17-33(29)42(22)5)31(36-23(2)43(6)34-18-14-26(40)20-30(34)36)21-38(24-11-15-27(16-12-24)41(3)4)32-10-8-7-9-28(32)37(44)45-38/h21,24-30,32-34H,7-20H2,1-6H3. The van der Waals surface area contributed by atoms with Crippen molar-refractivity contribution in [3.63, 3.8) is 0 Å². The van der Waals surface area contributed by atoms with Crippen LogP contribution in [0.15, 0.2) is 34.2 Å². The van der Waals surface area contributed by atoms with E-state index in [1.165, 1.54) is 47.4 Å². The molecule has 0 radical (unpaired) electrons. The summed E-state index contributed by atoms with van der Waals surface area (Å²) in [5, 5.41) is 0.417. The molecule has 0 aromatic heterocycles. The molecule has 0 aromatic carbocycles. The summed E-state index contributed by atoms with van der Waals surface area (Å²) in [4.78, 5) is 21.4. The third-order valence-electron chi connectivity index (χ3n) is 14.0. The van der Waals surface area contributed by atoms with Gasteiger partial charge in [0.15, 0.2) is 0 Å². The van der Waals surface area contributed by atoms with Crippen molar-refractivity contribution in [3.8, 4) is 0 Å². The minimum absolute atomic E-state index is 0.0368. The van der Waals surface area contributed by atoms with Gasteiger partial charge in [-0.25, -0.2) is 0 Å². The first-order chi connectivity index (χ1) is 21.5. The predicted molar refractivity (Wildman–Crippen MR) is 184 cm³/mol. The SMILES string of the molecule is CC1=C(C(=CC2(C3CCC(N(C)C)CC3)OC(=O)C3CCCCC32)C2=C(C)N(C)C3CCC(Cl)CC23)C2CC(Cl)CCC2N1C. The number of esters is 1. The Kier molecular flexibility index (Phi) is 8.90. The van der Waals surface area contributed by atoms with Gasteiger partial charge in [-0.3, -0.25) is 4.79 Å². The smallest absolute Gasteiger partial charge is 0.310 e. The molecule has 4 saturated carbocycles. The topological polar surface area (TPSA) is 36.0 Å². The summed E-state index contributed by atoms with van der Waals surface area (Å²) in [6.07, 6.45) is 18.1. The fourth-order valence-electron chi connectivity index (χ4n) is 11.4. The number of carbonyl (C=O) groups excluding carboxylic acids is 1. The molecule has 7 aliphatic rings. The zero-order valence-corrected chi connectivity index (χ0v) is 30.2. The molecule has 5 nitrogen and oxygen atoms in total. The summed E-state index contributed by atoms with van der Waals surface area (Å²) < 4.78 is 6.97. The Balaban J connectivity index is 1.42. The zero-order valence-electron chi connectivity index (χ0n) is 28.7. The molecule has 9 unspecified atom stereocenters. The average molecular weight is 659 g/mol. The van der Waals surface area contributed by atoms with Crippen molar-refractivity contribution in [2.24, 2.45) is 29.6 Å². The molecule has 45 heavy (non-hydrogen) atoms. The highest BCUT2D eigenvalue weighted by atomic mass is 35.5. The number of alkyl halides is 2. The Morgan fingerprint density at radius 3 is 1.84 bits per heavy atom. The van der Waals surface area contributed by atoms with E-state index in [2.05, 4.69) is 62.8 Å². The van der Waals surface area contributed by atoms with E-state index < -0.39 is 5.60 Å². The lowest BCUT2D eigenvalue weighted by molar-refractivity contribution is -0.152. The number of halogens is 2. The number of fused-ring (bicyclic) bond motifs is 3. The maximum atomic E-state index is 13.9. The number of carbonyl (C=O) groups is 1. The minimum Gasteiger partial charge on any atom is -0.454 e. The molecule has 7 heteroatoms. The van der Waals surface area contributed by atoms with E-state index in [4.69, 9.17) is 27.9 Å². The summed E-state index contributed by atoms with van der Waals surface area (Å²) in [7, 11) is 9.05. The molecule has 1 saturated heterocycles. The Hall–Kier alpha value is -1.17. The van der Waals surface area contributed by atoms with Gasteiger partial charge in [0.2, 0.25) is 0 Å². The number of ether oxygens (including phenoxy) is 1. The van der Waals surface area contributed by atoms with E-state index in [0.717, 1.165) is 70.6 Å². The first-order valence-electron chi connectivity index (χ1n) is 18.3. The van der Waals surface area contributed by atoms with E-state index in [1.54, 1.807) is 0 Å². The highest BCUT2D eigenvalue weighted by Crippen LogP contribution is 2.58. The van der Waals surface area contributed by atoms with Crippen LogP contribution >= 0.6 is 23.2 Å². The molecular weight excluding hydrogens is 601 g/mol. The largest absolute Gasteiger partial charge is 0.454 e. The second kappa shape index (κ2) is 12.4. The van der Waals surface area contributed by atoms with E-state index >= 15 is 0 Å². The number of hydrogen-bond acceptors (Lipinski definition) is 5. The third-order valence-corrected chi connectivity index (χ3v) is 14.8. The first-order valence-corrected chi connectivity index (χ1v) is 19.2. The molecule has 0 amide bonds. The fraction of sp³-hybridized carbons (Fsp3) is 0.816. The highest BCUT2D eigenvalue weighted by Gasteiger charge is 2.60. The van der Waals surface area contributed by atoms with Gasteiger partial charge in [-0.1, -0.05) is 12.8 Å². The van der Waals surface area contributed by atoms with Crippen LogP contribution < -0.4 is 0 Å². The first kappa shape index (κ1) is 32.4. The van der Waals surface area contributed by atoms with Gasteiger partial charge < -0.3 is 19.4 Å². The second-order valence-corrected chi connectivity index (χ2v) is 17.4. The van der Waals surface area contributed by atoms with Crippen LogP contribution in [0.2, 0.25) is 0 Å². The van der Waals surface area contributed by atoms with Crippen LogP contribution in [0.1, 0.15) is 104 Å². The molecule has 9 atom stereocenters. The summed E-state index contributed by atoms with van der Waals surface area (Å²) in [5.41, 5.74) is 6.61. The van der Waals surface area contributed by atoms with Crippen molar-refractivity contribution in [2.45, 2.75) is 138 Å². The number of nitrogens with zero attached hydrogens (tertiary/aromatic N) is 3. The van der Waals surface area contributed by atoms with Crippen LogP contribution in [0.5, 0.6) is 0 Å². The molecule has 7 rings (SSSR count). The average Bonchev–Trinajstić information content (AvgIpc) is 3.55. The number of rotatable bonds is 5. The summed E-state index contributed by atoms with van der Waals surface area (Å²) in [6, 6.07) is 1.58. The molecule has 0 bridgehead atoms. The van der Waals surface area contributed by atoms with Gasteiger partial charge in [0, 0.05) is 78.0 Å². The lowest BCUT2D eigenvalue weighted by atomic mass is 9.62. The van der Waals surface area contributed by atoms with Gasteiger partial charge in [0.05, 0.1) is 5.92 Å². The van der Waals surface area contributed by atoms with Crippen LogP contribution in [0.25, 0.3) is 0 Å². The van der Waals surface area contributed by atoms with Crippen molar-refractivity contribution >= 4 is 29.2 Å². The highest BCUT2D eigenvalue weighted by molar-refractivity contribution is 6.21. The monoisotopic (exact) mass is 657 g/mol. The van der Waals surface area contributed by atoms with Crippen molar-refractivity contribution in [1.29, 1.82) is 0 Å². The van der Waals surface area contributed by atoms with Crippen LogP contribution in [0, 0.1) is 29.6 Å². The van der Waals surface area contributed by atoms with Gasteiger partial charge in [0.25, 0.3) is 0 Å². The number of hydrogen-bond donors (Lipinski definition) is 0. The summed E-state index contributed by atoms with van der Waals surface area (Å²) >= 11 is 14.0. The Labute approximate surface area is 282 Å². The van der Waals surface area contributed by atoms with E-state index in [9.17, 15) is 4.79 Å². The molecule has 3 aliphatic heterocycles. The van der Waals surface area contributed by atoms with E-state index in [0.29, 0.717) is 35.9 Å². The molecule has 0 aromatic rings.